The summed E-state index contributed by atoms with van der Waals surface area (Å²) in [4.78, 5) is 19.1. The lowest BCUT2D eigenvalue weighted by atomic mass is 9.86. The average molecular weight is 324 g/mol. The SMILES string of the molecule is CCC(C(=O)N1CCC(O)(c2ccccn2)CC1)c1ccccc1. The Morgan fingerprint density at radius 3 is 2.42 bits per heavy atom. The molecule has 0 bridgehead atoms. The van der Waals surface area contributed by atoms with Gasteiger partial charge in [0.25, 0.3) is 0 Å². The fraction of sp³-hybridized carbons (Fsp3) is 0.400. The third-order valence-corrected chi connectivity index (χ3v) is 4.95. The standard InChI is InChI=1S/C20H24N2O2/c1-2-17(16-8-4-3-5-9-16)19(23)22-14-11-20(24,12-15-22)18-10-6-7-13-21-18/h3-10,13,17,24H,2,11-12,14-15H2,1H3. The summed E-state index contributed by atoms with van der Waals surface area (Å²) >= 11 is 0. The molecule has 4 nitrogen and oxygen atoms in total. The molecule has 1 aliphatic heterocycles. The number of hydrogen-bond acceptors (Lipinski definition) is 3. The molecule has 1 amide bonds. The van der Waals surface area contributed by atoms with Crippen LogP contribution in [0.1, 0.15) is 43.4 Å². The molecule has 0 radical (unpaired) electrons. The number of likely N-dealkylation sites (tertiary alicyclic amines) is 1. The third-order valence-electron chi connectivity index (χ3n) is 4.95. The van der Waals surface area contributed by atoms with E-state index in [1.807, 2.05) is 60.4 Å². The van der Waals surface area contributed by atoms with Crippen molar-refractivity contribution < 1.29 is 9.90 Å². The van der Waals surface area contributed by atoms with Crippen LogP contribution in [-0.2, 0) is 10.4 Å². The van der Waals surface area contributed by atoms with Crippen LogP contribution >= 0.6 is 0 Å². The molecule has 1 N–H and O–H groups in total. The van der Waals surface area contributed by atoms with Crippen molar-refractivity contribution >= 4 is 5.91 Å². The van der Waals surface area contributed by atoms with Gasteiger partial charge in [0.05, 0.1) is 11.6 Å². The number of piperidine rings is 1. The Balaban J connectivity index is 1.69. The molecule has 126 valence electrons. The first kappa shape index (κ1) is 16.7. The summed E-state index contributed by atoms with van der Waals surface area (Å²) in [6.45, 7) is 3.17. The largest absolute Gasteiger partial charge is 0.383 e. The highest BCUT2D eigenvalue weighted by Crippen LogP contribution is 2.33. The first-order valence-corrected chi connectivity index (χ1v) is 8.61. The smallest absolute Gasteiger partial charge is 0.230 e. The van der Waals surface area contributed by atoms with Crippen molar-refractivity contribution in [3.63, 3.8) is 0 Å². The van der Waals surface area contributed by atoms with E-state index >= 15 is 0 Å². The van der Waals surface area contributed by atoms with E-state index in [4.69, 9.17) is 0 Å². The second kappa shape index (κ2) is 7.14. The first-order chi connectivity index (χ1) is 11.6. The van der Waals surface area contributed by atoms with Gasteiger partial charge >= 0.3 is 0 Å². The van der Waals surface area contributed by atoms with Crippen LogP contribution in [-0.4, -0.2) is 34.0 Å². The van der Waals surface area contributed by atoms with Crippen molar-refractivity contribution in [2.75, 3.05) is 13.1 Å². The van der Waals surface area contributed by atoms with Gasteiger partial charge in [-0.05, 0) is 37.0 Å². The van der Waals surface area contributed by atoms with Crippen molar-refractivity contribution in [3.05, 3.63) is 66.0 Å². The molecule has 1 atom stereocenters. The Hall–Kier alpha value is -2.20. The number of nitrogens with zero attached hydrogens (tertiary/aromatic N) is 2. The highest BCUT2D eigenvalue weighted by molar-refractivity contribution is 5.83. The number of amides is 1. The van der Waals surface area contributed by atoms with E-state index in [0.29, 0.717) is 31.6 Å². The Morgan fingerprint density at radius 2 is 1.83 bits per heavy atom. The molecule has 0 saturated carbocycles. The summed E-state index contributed by atoms with van der Waals surface area (Å²) in [6, 6.07) is 15.5. The fourth-order valence-corrected chi connectivity index (χ4v) is 3.45. The Labute approximate surface area is 143 Å². The number of pyridine rings is 1. The zero-order chi connectivity index (χ0) is 17.0. The second-order valence-electron chi connectivity index (χ2n) is 6.44. The van der Waals surface area contributed by atoms with Crippen LogP contribution in [0.3, 0.4) is 0 Å². The molecule has 2 heterocycles. The van der Waals surface area contributed by atoms with Gasteiger partial charge in [0.1, 0.15) is 5.60 Å². The van der Waals surface area contributed by atoms with Crippen LogP contribution in [0.15, 0.2) is 54.7 Å². The molecule has 0 aliphatic carbocycles. The monoisotopic (exact) mass is 324 g/mol. The molecular weight excluding hydrogens is 300 g/mol. The fourth-order valence-electron chi connectivity index (χ4n) is 3.45. The summed E-state index contributed by atoms with van der Waals surface area (Å²) in [5.41, 5.74) is 0.842. The van der Waals surface area contributed by atoms with E-state index in [0.717, 1.165) is 12.0 Å². The van der Waals surface area contributed by atoms with Gasteiger partial charge in [-0.1, -0.05) is 43.3 Å². The lowest BCUT2D eigenvalue weighted by Crippen LogP contribution is -2.46. The molecule has 1 fully saturated rings. The molecule has 3 rings (SSSR count). The lowest BCUT2D eigenvalue weighted by Gasteiger charge is -2.39. The Kier molecular flexibility index (Phi) is 4.95. The summed E-state index contributed by atoms with van der Waals surface area (Å²) in [6.07, 6.45) is 3.54. The van der Waals surface area contributed by atoms with Gasteiger partial charge in [0.2, 0.25) is 5.91 Å². The van der Waals surface area contributed by atoms with E-state index in [1.54, 1.807) is 6.20 Å². The number of aliphatic hydroxyl groups is 1. The van der Waals surface area contributed by atoms with Gasteiger partial charge < -0.3 is 10.0 Å². The molecule has 1 aliphatic rings. The van der Waals surface area contributed by atoms with Crippen molar-refractivity contribution in [1.29, 1.82) is 0 Å². The Bertz CT molecular complexity index is 665. The maximum atomic E-state index is 12.9. The molecule has 1 unspecified atom stereocenters. The van der Waals surface area contributed by atoms with Crippen molar-refractivity contribution in [1.82, 2.24) is 9.88 Å². The van der Waals surface area contributed by atoms with Crippen LogP contribution in [0.4, 0.5) is 0 Å². The van der Waals surface area contributed by atoms with E-state index in [-0.39, 0.29) is 11.8 Å². The normalized spacial score (nSPS) is 18.2. The van der Waals surface area contributed by atoms with Crippen molar-refractivity contribution in [2.24, 2.45) is 0 Å². The topological polar surface area (TPSA) is 53.4 Å². The Morgan fingerprint density at radius 1 is 1.17 bits per heavy atom. The molecule has 1 aromatic heterocycles. The summed E-state index contributed by atoms with van der Waals surface area (Å²) in [7, 11) is 0. The number of carbonyl (C=O) groups excluding carboxylic acids is 1. The number of carbonyl (C=O) groups is 1. The number of benzene rings is 1. The van der Waals surface area contributed by atoms with Crippen LogP contribution in [0.25, 0.3) is 0 Å². The maximum Gasteiger partial charge on any atom is 0.230 e. The van der Waals surface area contributed by atoms with Crippen LogP contribution < -0.4 is 0 Å². The van der Waals surface area contributed by atoms with Crippen LogP contribution in [0.2, 0.25) is 0 Å². The predicted molar refractivity (Wildman–Crippen MR) is 93.4 cm³/mol. The van der Waals surface area contributed by atoms with Gasteiger partial charge in [-0.3, -0.25) is 9.78 Å². The molecule has 4 heteroatoms. The summed E-state index contributed by atoms with van der Waals surface area (Å²) < 4.78 is 0. The zero-order valence-electron chi connectivity index (χ0n) is 14.1. The summed E-state index contributed by atoms with van der Waals surface area (Å²) in [5, 5.41) is 10.9. The second-order valence-corrected chi connectivity index (χ2v) is 6.44. The van der Waals surface area contributed by atoms with Crippen LogP contribution in [0.5, 0.6) is 0 Å². The van der Waals surface area contributed by atoms with Crippen molar-refractivity contribution in [3.8, 4) is 0 Å². The van der Waals surface area contributed by atoms with E-state index in [1.165, 1.54) is 0 Å². The van der Waals surface area contributed by atoms with Gasteiger partial charge in [-0.25, -0.2) is 0 Å². The molecule has 0 spiro atoms. The quantitative estimate of drug-likeness (QED) is 0.940. The summed E-state index contributed by atoms with van der Waals surface area (Å²) in [5.74, 6) is 0.0546. The van der Waals surface area contributed by atoms with Gasteiger partial charge in [-0.15, -0.1) is 0 Å². The van der Waals surface area contributed by atoms with Gasteiger partial charge in [0, 0.05) is 19.3 Å². The third kappa shape index (κ3) is 3.34. The minimum atomic E-state index is -0.924. The van der Waals surface area contributed by atoms with E-state index in [2.05, 4.69) is 4.98 Å². The van der Waals surface area contributed by atoms with E-state index < -0.39 is 5.60 Å². The number of rotatable bonds is 4. The highest BCUT2D eigenvalue weighted by atomic mass is 16.3. The molecule has 1 aromatic carbocycles. The lowest BCUT2D eigenvalue weighted by molar-refractivity contribution is -0.137. The first-order valence-electron chi connectivity index (χ1n) is 8.61. The molecule has 1 saturated heterocycles. The van der Waals surface area contributed by atoms with Crippen molar-refractivity contribution in [2.45, 2.75) is 37.7 Å². The zero-order valence-corrected chi connectivity index (χ0v) is 14.1. The molecule has 2 aromatic rings. The predicted octanol–water partition coefficient (Wildman–Crippen LogP) is 3.09. The molecule has 24 heavy (non-hydrogen) atoms. The van der Waals surface area contributed by atoms with E-state index in [9.17, 15) is 9.90 Å². The number of aromatic nitrogens is 1. The minimum absolute atomic E-state index is 0.104. The highest BCUT2D eigenvalue weighted by Gasteiger charge is 2.37. The van der Waals surface area contributed by atoms with Gasteiger partial charge in [-0.2, -0.15) is 0 Å². The number of hydrogen-bond donors (Lipinski definition) is 1. The maximum absolute atomic E-state index is 12.9. The minimum Gasteiger partial charge on any atom is -0.383 e. The molecular formula is C20H24N2O2. The average Bonchev–Trinajstić information content (AvgIpc) is 2.64. The van der Waals surface area contributed by atoms with Crippen LogP contribution in [0, 0.1) is 0 Å². The van der Waals surface area contributed by atoms with Gasteiger partial charge in [0.15, 0.2) is 0 Å².